The van der Waals surface area contributed by atoms with Crippen LogP contribution in [0.1, 0.15) is 33.1 Å². The van der Waals surface area contributed by atoms with Crippen LogP contribution in [-0.4, -0.2) is 17.3 Å². The molecule has 1 aliphatic rings. The first-order chi connectivity index (χ1) is 5.11. The minimum Gasteiger partial charge on any atom is -0.392 e. The molecule has 0 spiro atoms. The Labute approximate surface area is 68.8 Å². The van der Waals surface area contributed by atoms with Crippen molar-refractivity contribution in [3.05, 3.63) is 0 Å². The zero-order valence-corrected chi connectivity index (χ0v) is 7.46. The summed E-state index contributed by atoms with van der Waals surface area (Å²) < 4.78 is 0. The van der Waals surface area contributed by atoms with E-state index in [0.29, 0.717) is 5.92 Å². The molecule has 66 valence electrons. The molecule has 1 saturated carbocycles. The zero-order chi connectivity index (χ0) is 8.43. The van der Waals surface area contributed by atoms with Crippen LogP contribution in [-0.2, 0) is 0 Å². The van der Waals surface area contributed by atoms with Crippen LogP contribution >= 0.6 is 0 Å². The van der Waals surface area contributed by atoms with Gasteiger partial charge >= 0.3 is 0 Å². The molecular formula is C9H19NO. The number of hydrogen-bond donors (Lipinski definition) is 2. The Morgan fingerprint density at radius 2 is 2.00 bits per heavy atom. The van der Waals surface area contributed by atoms with Crippen LogP contribution in [0.5, 0.6) is 0 Å². The summed E-state index contributed by atoms with van der Waals surface area (Å²) in [6.45, 7) is 4.46. The van der Waals surface area contributed by atoms with Gasteiger partial charge in [-0.25, -0.2) is 0 Å². The molecule has 1 unspecified atom stereocenters. The Morgan fingerprint density at radius 3 is 2.45 bits per heavy atom. The average Bonchev–Trinajstić information content (AvgIpc) is 1.94. The van der Waals surface area contributed by atoms with Crippen molar-refractivity contribution >= 4 is 0 Å². The van der Waals surface area contributed by atoms with Gasteiger partial charge in [-0.1, -0.05) is 13.8 Å². The second kappa shape index (κ2) is 3.55. The van der Waals surface area contributed by atoms with Gasteiger partial charge in [-0.05, 0) is 31.1 Å². The van der Waals surface area contributed by atoms with Gasteiger partial charge < -0.3 is 10.8 Å². The highest BCUT2D eigenvalue weighted by Gasteiger charge is 2.27. The summed E-state index contributed by atoms with van der Waals surface area (Å²) in [7, 11) is 0. The molecule has 0 aromatic rings. The number of nitrogens with two attached hydrogens (primary N) is 1. The quantitative estimate of drug-likeness (QED) is 0.599. The molecule has 3 atom stereocenters. The van der Waals surface area contributed by atoms with E-state index in [1.165, 1.54) is 0 Å². The Bertz CT molecular complexity index is 125. The molecule has 2 nitrogen and oxygen atoms in total. The molecule has 2 heteroatoms. The smallest absolute Gasteiger partial charge is 0.0691 e. The van der Waals surface area contributed by atoms with E-state index in [0.717, 1.165) is 25.2 Å². The maximum absolute atomic E-state index is 9.35. The third-order valence-electron chi connectivity index (χ3n) is 2.85. The minimum atomic E-state index is -0.245. The summed E-state index contributed by atoms with van der Waals surface area (Å²) in [6, 6.07) is 0.0242. The standard InChI is InChI=1S/C9H19NO/c1-6(2)7-3-4-9(11)8(10)5-7/h6-9,11H,3-5,10H2,1-2H3/t7?,8-,9-/m1/s1. The van der Waals surface area contributed by atoms with Gasteiger partial charge in [0, 0.05) is 6.04 Å². The first-order valence-electron chi connectivity index (χ1n) is 4.55. The molecule has 0 bridgehead atoms. The maximum Gasteiger partial charge on any atom is 0.0691 e. The van der Waals surface area contributed by atoms with Crippen LogP contribution in [0.25, 0.3) is 0 Å². The Kier molecular flexibility index (Phi) is 2.90. The number of hydrogen-bond acceptors (Lipinski definition) is 2. The third kappa shape index (κ3) is 2.17. The van der Waals surface area contributed by atoms with Crippen LogP contribution in [0.4, 0.5) is 0 Å². The molecule has 0 aromatic carbocycles. The topological polar surface area (TPSA) is 46.2 Å². The maximum atomic E-state index is 9.35. The lowest BCUT2D eigenvalue weighted by Gasteiger charge is -2.32. The number of aliphatic hydroxyl groups is 1. The summed E-state index contributed by atoms with van der Waals surface area (Å²) in [5.74, 6) is 1.45. The molecule has 0 aromatic heterocycles. The molecule has 11 heavy (non-hydrogen) atoms. The van der Waals surface area contributed by atoms with Crippen LogP contribution in [0.15, 0.2) is 0 Å². The molecule has 0 aliphatic heterocycles. The van der Waals surface area contributed by atoms with E-state index in [1.54, 1.807) is 0 Å². The van der Waals surface area contributed by atoms with Crippen molar-refractivity contribution in [3.8, 4) is 0 Å². The fraction of sp³-hybridized carbons (Fsp3) is 1.00. The first kappa shape index (κ1) is 9.01. The van der Waals surface area contributed by atoms with E-state index < -0.39 is 0 Å². The summed E-state index contributed by atoms with van der Waals surface area (Å²) in [5, 5.41) is 9.35. The van der Waals surface area contributed by atoms with Gasteiger partial charge in [-0.15, -0.1) is 0 Å². The largest absolute Gasteiger partial charge is 0.392 e. The normalized spacial score (nSPS) is 39.5. The number of rotatable bonds is 1. The van der Waals surface area contributed by atoms with Crippen LogP contribution in [0.3, 0.4) is 0 Å². The van der Waals surface area contributed by atoms with E-state index in [9.17, 15) is 5.11 Å². The predicted molar refractivity (Wildman–Crippen MR) is 46.2 cm³/mol. The van der Waals surface area contributed by atoms with Crippen molar-refractivity contribution in [3.63, 3.8) is 0 Å². The molecular weight excluding hydrogens is 138 g/mol. The van der Waals surface area contributed by atoms with Crippen molar-refractivity contribution in [2.75, 3.05) is 0 Å². The van der Waals surface area contributed by atoms with Gasteiger partial charge in [0.05, 0.1) is 6.10 Å². The fourth-order valence-electron chi connectivity index (χ4n) is 1.83. The highest BCUT2D eigenvalue weighted by molar-refractivity contribution is 4.83. The van der Waals surface area contributed by atoms with Gasteiger partial charge in [0.25, 0.3) is 0 Å². The van der Waals surface area contributed by atoms with E-state index >= 15 is 0 Å². The van der Waals surface area contributed by atoms with Gasteiger partial charge in [0.1, 0.15) is 0 Å². The SMILES string of the molecule is CC(C)C1CC[C@@H](O)[C@H](N)C1. The lowest BCUT2D eigenvalue weighted by atomic mass is 9.78. The second-order valence-electron chi connectivity index (χ2n) is 4.05. The molecule has 3 N–H and O–H groups in total. The predicted octanol–water partition coefficient (Wildman–Crippen LogP) is 1.13. The minimum absolute atomic E-state index is 0.0242. The Hall–Kier alpha value is -0.0800. The van der Waals surface area contributed by atoms with E-state index in [2.05, 4.69) is 13.8 Å². The summed E-state index contributed by atoms with van der Waals surface area (Å²) in [4.78, 5) is 0. The molecule has 1 aliphatic carbocycles. The highest BCUT2D eigenvalue weighted by Crippen LogP contribution is 2.29. The summed E-state index contributed by atoms with van der Waals surface area (Å²) >= 11 is 0. The fourth-order valence-corrected chi connectivity index (χ4v) is 1.83. The lowest BCUT2D eigenvalue weighted by molar-refractivity contribution is 0.0752. The van der Waals surface area contributed by atoms with E-state index in [-0.39, 0.29) is 12.1 Å². The molecule has 0 radical (unpaired) electrons. The van der Waals surface area contributed by atoms with Gasteiger partial charge in [-0.3, -0.25) is 0 Å². The van der Waals surface area contributed by atoms with E-state index in [4.69, 9.17) is 5.73 Å². The average molecular weight is 157 g/mol. The highest BCUT2D eigenvalue weighted by atomic mass is 16.3. The van der Waals surface area contributed by atoms with Crippen molar-refractivity contribution in [2.24, 2.45) is 17.6 Å². The van der Waals surface area contributed by atoms with Crippen LogP contribution in [0.2, 0.25) is 0 Å². The first-order valence-corrected chi connectivity index (χ1v) is 4.55. The van der Waals surface area contributed by atoms with Crippen molar-refractivity contribution in [1.82, 2.24) is 0 Å². The number of aliphatic hydroxyl groups excluding tert-OH is 1. The van der Waals surface area contributed by atoms with Crippen molar-refractivity contribution in [1.29, 1.82) is 0 Å². The summed E-state index contributed by atoms with van der Waals surface area (Å²) in [5.41, 5.74) is 5.76. The molecule has 1 rings (SSSR count). The molecule has 0 amide bonds. The zero-order valence-electron chi connectivity index (χ0n) is 7.46. The van der Waals surface area contributed by atoms with Crippen molar-refractivity contribution < 1.29 is 5.11 Å². The lowest BCUT2D eigenvalue weighted by Crippen LogP contribution is -2.41. The summed E-state index contributed by atoms with van der Waals surface area (Å²) in [6.07, 6.45) is 2.79. The van der Waals surface area contributed by atoms with Gasteiger partial charge in [-0.2, -0.15) is 0 Å². The Morgan fingerprint density at radius 1 is 1.36 bits per heavy atom. The van der Waals surface area contributed by atoms with Gasteiger partial charge in [0.15, 0.2) is 0 Å². The molecule has 0 heterocycles. The second-order valence-corrected chi connectivity index (χ2v) is 4.05. The molecule has 0 saturated heterocycles. The molecule has 1 fully saturated rings. The van der Waals surface area contributed by atoms with Crippen molar-refractivity contribution in [2.45, 2.75) is 45.3 Å². The monoisotopic (exact) mass is 157 g/mol. The van der Waals surface area contributed by atoms with Gasteiger partial charge in [0.2, 0.25) is 0 Å². The Balaban J connectivity index is 2.40. The third-order valence-corrected chi connectivity index (χ3v) is 2.85. The van der Waals surface area contributed by atoms with Crippen LogP contribution in [0, 0.1) is 11.8 Å². The van der Waals surface area contributed by atoms with E-state index in [1.807, 2.05) is 0 Å². The van der Waals surface area contributed by atoms with Crippen LogP contribution < -0.4 is 5.73 Å².